The van der Waals surface area contributed by atoms with E-state index in [-0.39, 0.29) is 11.4 Å². The van der Waals surface area contributed by atoms with Gasteiger partial charge in [-0.25, -0.2) is 4.79 Å². The zero-order valence-corrected chi connectivity index (χ0v) is 12.7. The van der Waals surface area contributed by atoms with E-state index < -0.39 is 22.8 Å². The number of hydrogen-bond donors (Lipinski definition) is 2. The third-order valence-corrected chi connectivity index (χ3v) is 4.29. The fraction of sp³-hybridized carbons (Fsp3) is 0.273. The minimum absolute atomic E-state index is 0.0575. The number of carbonyl (C=O) groups excluding carboxylic acids is 1. The highest BCUT2D eigenvalue weighted by Crippen LogP contribution is 2.31. The number of benzene rings is 1. The first-order valence-electron chi connectivity index (χ1n) is 5.38. The van der Waals surface area contributed by atoms with Crippen molar-refractivity contribution in [3.05, 3.63) is 32.8 Å². The molecule has 1 aromatic rings. The third kappa shape index (κ3) is 4.82. The number of nitro benzene ring substituents is 1. The molecule has 0 radical (unpaired) electrons. The molecule has 0 bridgehead atoms. The molecule has 0 aliphatic rings. The fourth-order valence-corrected chi connectivity index (χ4v) is 2.96. The Balaban J connectivity index is 2.75. The molecule has 0 saturated heterocycles. The number of carboxylic acids is 1. The van der Waals surface area contributed by atoms with Crippen molar-refractivity contribution in [2.75, 3.05) is 5.75 Å². The van der Waals surface area contributed by atoms with Gasteiger partial charge in [-0.05, 0) is 22.0 Å². The lowest BCUT2D eigenvalue weighted by atomic mass is 10.3. The molecule has 0 saturated carbocycles. The van der Waals surface area contributed by atoms with Crippen molar-refractivity contribution in [3.8, 4) is 0 Å². The highest BCUT2D eigenvalue weighted by molar-refractivity contribution is 9.10. The zero-order chi connectivity index (χ0) is 15.3. The second-order valence-electron chi connectivity index (χ2n) is 3.77. The maximum atomic E-state index is 11.0. The van der Waals surface area contributed by atoms with Gasteiger partial charge < -0.3 is 10.4 Å². The van der Waals surface area contributed by atoms with Crippen LogP contribution >= 0.6 is 27.7 Å². The fourth-order valence-electron chi connectivity index (χ4n) is 1.31. The van der Waals surface area contributed by atoms with Gasteiger partial charge in [0.25, 0.3) is 5.69 Å². The SMILES string of the molecule is CC(=O)N[C@@H](CSc1ccc([N+](=O)[O-])cc1Br)C(=O)O. The quantitative estimate of drug-likeness (QED) is 0.455. The molecule has 0 aliphatic heterocycles. The number of amides is 1. The maximum Gasteiger partial charge on any atom is 0.327 e. The Bertz CT molecular complexity index is 552. The lowest BCUT2D eigenvalue weighted by molar-refractivity contribution is -0.385. The van der Waals surface area contributed by atoms with Crippen molar-refractivity contribution < 1.29 is 19.6 Å². The number of nitrogens with one attached hydrogen (secondary N) is 1. The summed E-state index contributed by atoms with van der Waals surface area (Å²) >= 11 is 4.37. The third-order valence-electron chi connectivity index (χ3n) is 2.21. The summed E-state index contributed by atoms with van der Waals surface area (Å²) < 4.78 is 0.503. The van der Waals surface area contributed by atoms with Crippen LogP contribution in [0.15, 0.2) is 27.6 Å². The van der Waals surface area contributed by atoms with E-state index in [1.165, 1.54) is 36.9 Å². The second kappa shape index (κ2) is 7.25. The van der Waals surface area contributed by atoms with Crippen molar-refractivity contribution in [3.63, 3.8) is 0 Å². The van der Waals surface area contributed by atoms with E-state index in [2.05, 4.69) is 21.2 Å². The molecule has 0 fully saturated rings. The van der Waals surface area contributed by atoms with E-state index >= 15 is 0 Å². The summed E-state index contributed by atoms with van der Waals surface area (Å²) in [4.78, 5) is 32.6. The Morgan fingerprint density at radius 3 is 2.65 bits per heavy atom. The number of rotatable bonds is 6. The van der Waals surface area contributed by atoms with Crippen LogP contribution in [-0.4, -0.2) is 33.7 Å². The van der Waals surface area contributed by atoms with Crippen LogP contribution in [0.25, 0.3) is 0 Å². The monoisotopic (exact) mass is 362 g/mol. The number of nitro groups is 1. The molecule has 0 heterocycles. The first-order valence-corrected chi connectivity index (χ1v) is 7.15. The van der Waals surface area contributed by atoms with Gasteiger partial charge in [0.2, 0.25) is 5.91 Å². The number of nitrogens with zero attached hydrogens (tertiary/aromatic N) is 1. The van der Waals surface area contributed by atoms with Crippen molar-refractivity contribution in [2.24, 2.45) is 0 Å². The zero-order valence-electron chi connectivity index (χ0n) is 10.3. The van der Waals surface area contributed by atoms with Crippen LogP contribution in [-0.2, 0) is 9.59 Å². The molecule has 1 amide bonds. The second-order valence-corrected chi connectivity index (χ2v) is 5.69. The van der Waals surface area contributed by atoms with Crippen LogP contribution in [0.1, 0.15) is 6.92 Å². The van der Waals surface area contributed by atoms with Crippen LogP contribution < -0.4 is 5.32 Å². The Kier molecular flexibility index (Phi) is 5.96. The molecule has 1 aromatic carbocycles. The first kappa shape index (κ1) is 16.4. The van der Waals surface area contributed by atoms with E-state index in [9.17, 15) is 19.7 Å². The normalized spacial score (nSPS) is 11.7. The molecule has 9 heteroatoms. The van der Waals surface area contributed by atoms with Crippen LogP contribution in [0.2, 0.25) is 0 Å². The van der Waals surface area contributed by atoms with E-state index in [1.54, 1.807) is 0 Å². The van der Waals surface area contributed by atoms with Crippen molar-refractivity contribution in [2.45, 2.75) is 17.9 Å². The average Bonchev–Trinajstić information content (AvgIpc) is 2.34. The molecule has 0 unspecified atom stereocenters. The Labute approximate surface area is 127 Å². The molecule has 0 aromatic heterocycles. The van der Waals surface area contributed by atoms with Gasteiger partial charge in [-0.1, -0.05) is 0 Å². The molecule has 1 rings (SSSR count). The minimum atomic E-state index is -1.13. The molecule has 20 heavy (non-hydrogen) atoms. The number of aliphatic carboxylic acids is 1. The number of hydrogen-bond acceptors (Lipinski definition) is 5. The predicted molar refractivity (Wildman–Crippen MR) is 76.8 cm³/mol. The molecular weight excluding hydrogens is 352 g/mol. The van der Waals surface area contributed by atoms with Crippen molar-refractivity contribution in [1.82, 2.24) is 5.32 Å². The van der Waals surface area contributed by atoms with Crippen LogP contribution in [0.3, 0.4) is 0 Å². The Morgan fingerprint density at radius 1 is 1.55 bits per heavy atom. The van der Waals surface area contributed by atoms with E-state index in [1.807, 2.05) is 0 Å². The van der Waals surface area contributed by atoms with Gasteiger partial charge in [-0.15, -0.1) is 11.8 Å². The van der Waals surface area contributed by atoms with Gasteiger partial charge in [-0.3, -0.25) is 14.9 Å². The average molecular weight is 363 g/mol. The summed E-state index contributed by atoms with van der Waals surface area (Å²) in [5, 5.41) is 21.9. The standard InChI is InChI=1S/C11H11BrN2O5S/c1-6(15)13-9(11(16)17)5-20-10-3-2-7(14(18)19)4-8(10)12/h2-4,9H,5H2,1H3,(H,13,15)(H,16,17)/t9-/m0/s1. The molecule has 0 aliphatic carbocycles. The number of thioether (sulfide) groups is 1. The van der Waals surface area contributed by atoms with Gasteiger partial charge in [0.1, 0.15) is 6.04 Å². The van der Waals surface area contributed by atoms with E-state index in [4.69, 9.17) is 5.11 Å². The summed E-state index contributed by atoms with van der Waals surface area (Å²) in [6, 6.07) is 3.19. The van der Waals surface area contributed by atoms with Gasteiger partial charge in [-0.2, -0.15) is 0 Å². The van der Waals surface area contributed by atoms with Crippen molar-refractivity contribution in [1.29, 1.82) is 0 Å². The largest absolute Gasteiger partial charge is 0.480 e. The summed E-state index contributed by atoms with van der Waals surface area (Å²) in [5.74, 6) is -1.45. The maximum absolute atomic E-state index is 11.0. The van der Waals surface area contributed by atoms with Crippen LogP contribution in [0.5, 0.6) is 0 Å². The number of carboxylic acid groups (broad SMARTS) is 1. The number of halogens is 1. The Morgan fingerprint density at radius 2 is 2.20 bits per heavy atom. The Hall–Kier alpha value is -1.61. The summed E-state index contributed by atoms with van der Waals surface area (Å²) in [5.41, 5.74) is -0.0575. The van der Waals surface area contributed by atoms with E-state index in [0.717, 1.165) is 0 Å². The predicted octanol–water partition coefficient (Wildman–Crippen LogP) is 2.04. The lowest BCUT2D eigenvalue weighted by Gasteiger charge is -2.13. The molecule has 2 N–H and O–H groups in total. The highest BCUT2D eigenvalue weighted by atomic mass is 79.9. The van der Waals surface area contributed by atoms with Gasteiger partial charge in [0.05, 0.1) is 4.92 Å². The van der Waals surface area contributed by atoms with Gasteiger partial charge in [0.15, 0.2) is 0 Å². The smallest absolute Gasteiger partial charge is 0.327 e. The summed E-state index contributed by atoms with van der Waals surface area (Å²) in [6.45, 7) is 1.24. The highest BCUT2D eigenvalue weighted by Gasteiger charge is 2.19. The van der Waals surface area contributed by atoms with Crippen molar-refractivity contribution >= 4 is 45.3 Å². The van der Waals surface area contributed by atoms with Gasteiger partial charge >= 0.3 is 5.97 Å². The minimum Gasteiger partial charge on any atom is -0.480 e. The first-order chi connectivity index (χ1) is 9.31. The number of carbonyl (C=O) groups is 2. The summed E-state index contributed by atoms with van der Waals surface area (Å²) in [6.07, 6.45) is 0. The molecule has 0 spiro atoms. The van der Waals surface area contributed by atoms with Crippen LogP contribution in [0.4, 0.5) is 5.69 Å². The number of non-ortho nitro benzene ring substituents is 1. The van der Waals surface area contributed by atoms with Gasteiger partial charge in [0, 0.05) is 34.2 Å². The molecule has 1 atom stereocenters. The summed E-state index contributed by atoms with van der Waals surface area (Å²) in [7, 11) is 0. The topological polar surface area (TPSA) is 110 Å². The molecule has 108 valence electrons. The molecular formula is C11H11BrN2O5S. The lowest BCUT2D eigenvalue weighted by Crippen LogP contribution is -2.41. The van der Waals surface area contributed by atoms with Crippen LogP contribution in [0, 0.1) is 10.1 Å². The molecule has 7 nitrogen and oxygen atoms in total. The van der Waals surface area contributed by atoms with E-state index in [0.29, 0.717) is 9.37 Å².